The molecular formula is C15H13Cl3. The van der Waals surface area contributed by atoms with Gasteiger partial charge in [0.1, 0.15) is 0 Å². The van der Waals surface area contributed by atoms with Crippen molar-refractivity contribution < 1.29 is 0 Å². The molecule has 18 heavy (non-hydrogen) atoms. The van der Waals surface area contributed by atoms with Crippen molar-refractivity contribution in [1.29, 1.82) is 0 Å². The number of rotatable bonds is 4. The van der Waals surface area contributed by atoms with E-state index in [1.807, 2.05) is 36.4 Å². The minimum absolute atomic E-state index is 0.254. The average Bonchev–Trinajstić information content (AvgIpc) is 2.36. The first kappa shape index (κ1) is 13.7. The molecule has 0 amide bonds. The minimum atomic E-state index is 0.254. The Hall–Kier alpha value is -0.690. The molecule has 0 spiro atoms. The van der Waals surface area contributed by atoms with Crippen LogP contribution in [0.15, 0.2) is 48.5 Å². The van der Waals surface area contributed by atoms with Crippen LogP contribution in [0.1, 0.15) is 17.0 Å². The fraction of sp³-hybridized carbons (Fsp3) is 0.200. The zero-order chi connectivity index (χ0) is 13.0. The average molecular weight is 300 g/mol. The van der Waals surface area contributed by atoms with E-state index in [0.717, 1.165) is 22.0 Å². The lowest BCUT2D eigenvalue weighted by Crippen LogP contribution is -2.04. The van der Waals surface area contributed by atoms with E-state index in [9.17, 15) is 0 Å². The SMILES string of the molecule is ClCC(Cc1cccc(Cl)c1)c1cccc(Cl)c1. The molecule has 0 aliphatic carbocycles. The van der Waals surface area contributed by atoms with Gasteiger partial charge in [-0.3, -0.25) is 0 Å². The van der Waals surface area contributed by atoms with Crippen molar-refractivity contribution in [3.05, 3.63) is 69.7 Å². The number of hydrogen-bond donors (Lipinski definition) is 0. The Morgan fingerprint density at radius 3 is 2.17 bits per heavy atom. The summed E-state index contributed by atoms with van der Waals surface area (Å²) >= 11 is 18.1. The van der Waals surface area contributed by atoms with Gasteiger partial charge in [0.25, 0.3) is 0 Å². The molecule has 94 valence electrons. The van der Waals surface area contributed by atoms with E-state index < -0.39 is 0 Å². The largest absolute Gasteiger partial charge is 0.126 e. The molecule has 2 rings (SSSR count). The number of halogens is 3. The van der Waals surface area contributed by atoms with E-state index in [0.29, 0.717) is 5.88 Å². The second-order valence-electron chi connectivity index (χ2n) is 4.24. The van der Waals surface area contributed by atoms with Crippen molar-refractivity contribution >= 4 is 34.8 Å². The maximum absolute atomic E-state index is 6.07. The van der Waals surface area contributed by atoms with Crippen LogP contribution in [0.2, 0.25) is 10.0 Å². The third-order valence-corrected chi connectivity index (χ3v) is 3.72. The first-order valence-corrected chi connectivity index (χ1v) is 7.04. The highest BCUT2D eigenvalue weighted by Crippen LogP contribution is 2.25. The van der Waals surface area contributed by atoms with Crippen molar-refractivity contribution in [3.8, 4) is 0 Å². The lowest BCUT2D eigenvalue weighted by atomic mass is 9.94. The maximum Gasteiger partial charge on any atom is 0.0408 e. The standard InChI is InChI=1S/C15H13Cl3/c16-10-13(12-4-2-6-15(18)9-12)7-11-3-1-5-14(17)8-11/h1-6,8-9,13H,7,10H2. The summed E-state index contributed by atoms with van der Waals surface area (Å²) in [6.45, 7) is 0. The molecular weight excluding hydrogens is 287 g/mol. The van der Waals surface area contributed by atoms with Crippen molar-refractivity contribution in [2.24, 2.45) is 0 Å². The molecule has 2 aromatic carbocycles. The molecule has 0 saturated carbocycles. The highest BCUT2D eigenvalue weighted by Gasteiger charge is 2.11. The molecule has 0 N–H and O–H groups in total. The van der Waals surface area contributed by atoms with Crippen LogP contribution in [0.3, 0.4) is 0 Å². The predicted molar refractivity (Wildman–Crippen MR) is 80.1 cm³/mol. The van der Waals surface area contributed by atoms with Gasteiger partial charge >= 0.3 is 0 Å². The minimum Gasteiger partial charge on any atom is -0.126 e. The van der Waals surface area contributed by atoms with Gasteiger partial charge in [0.15, 0.2) is 0 Å². The summed E-state index contributed by atoms with van der Waals surface area (Å²) in [5.41, 5.74) is 2.35. The molecule has 0 radical (unpaired) electrons. The van der Waals surface area contributed by atoms with Crippen LogP contribution in [0.5, 0.6) is 0 Å². The third-order valence-electron chi connectivity index (χ3n) is 2.88. The quantitative estimate of drug-likeness (QED) is 0.648. The van der Waals surface area contributed by atoms with Gasteiger partial charge in [-0.05, 0) is 41.8 Å². The molecule has 0 bridgehead atoms. The fourth-order valence-electron chi connectivity index (χ4n) is 1.97. The molecule has 0 aliphatic heterocycles. The summed E-state index contributed by atoms with van der Waals surface area (Å²) in [6, 6.07) is 15.7. The molecule has 0 aliphatic rings. The third kappa shape index (κ3) is 3.65. The van der Waals surface area contributed by atoms with Gasteiger partial charge in [0.2, 0.25) is 0 Å². The van der Waals surface area contributed by atoms with Crippen molar-refractivity contribution in [1.82, 2.24) is 0 Å². The number of alkyl halides is 1. The Morgan fingerprint density at radius 2 is 1.56 bits per heavy atom. The zero-order valence-corrected chi connectivity index (χ0v) is 12.0. The maximum atomic E-state index is 6.07. The van der Waals surface area contributed by atoms with Gasteiger partial charge in [-0.2, -0.15) is 0 Å². The van der Waals surface area contributed by atoms with Gasteiger partial charge in [-0.1, -0.05) is 47.5 Å². The number of hydrogen-bond acceptors (Lipinski definition) is 0. The van der Waals surface area contributed by atoms with Crippen LogP contribution in [-0.2, 0) is 6.42 Å². The monoisotopic (exact) mass is 298 g/mol. The molecule has 0 heterocycles. The first-order valence-electron chi connectivity index (χ1n) is 5.75. The van der Waals surface area contributed by atoms with Gasteiger partial charge < -0.3 is 0 Å². The first-order chi connectivity index (χ1) is 8.69. The van der Waals surface area contributed by atoms with E-state index in [1.165, 1.54) is 5.56 Å². The molecule has 2 aromatic rings. The van der Waals surface area contributed by atoms with Crippen molar-refractivity contribution in [3.63, 3.8) is 0 Å². The molecule has 0 aromatic heterocycles. The molecule has 0 saturated heterocycles. The molecule has 3 heteroatoms. The van der Waals surface area contributed by atoms with Gasteiger partial charge in [0.05, 0.1) is 0 Å². The highest BCUT2D eigenvalue weighted by molar-refractivity contribution is 6.30. The van der Waals surface area contributed by atoms with Crippen molar-refractivity contribution in [2.75, 3.05) is 5.88 Å². The van der Waals surface area contributed by atoms with Gasteiger partial charge in [0, 0.05) is 21.8 Å². The van der Waals surface area contributed by atoms with Crippen LogP contribution >= 0.6 is 34.8 Å². The molecule has 1 atom stereocenters. The highest BCUT2D eigenvalue weighted by atomic mass is 35.5. The van der Waals surface area contributed by atoms with Gasteiger partial charge in [-0.25, -0.2) is 0 Å². The second kappa shape index (κ2) is 6.47. The van der Waals surface area contributed by atoms with Crippen LogP contribution in [0.25, 0.3) is 0 Å². The number of benzene rings is 2. The van der Waals surface area contributed by atoms with Crippen molar-refractivity contribution in [2.45, 2.75) is 12.3 Å². The van der Waals surface area contributed by atoms with Crippen LogP contribution < -0.4 is 0 Å². The van der Waals surface area contributed by atoms with Crippen LogP contribution in [-0.4, -0.2) is 5.88 Å². The summed E-state index contributed by atoms with van der Waals surface area (Å²) < 4.78 is 0. The Kier molecular flexibility index (Phi) is 4.94. The normalized spacial score (nSPS) is 12.4. The van der Waals surface area contributed by atoms with E-state index in [4.69, 9.17) is 34.8 Å². The lowest BCUT2D eigenvalue weighted by Gasteiger charge is -2.15. The molecule has 1 unspecified atom stereocenters. The smallest absolute Gasteiger partial charge is 0.0408 e. The molecule has 0 nitrogen and oxygen atoms in total. The summed E-state index contributed by atoms with van der Waals surface area (Å²) in [5, 5.41) is 1.50. The van der Waals surface area contributed by atoms with Crippen LogP contribution in [0, 0.1) is 0 Å². The predicted octanol–water partition coefficient (Wildman–Crippen LogP) is 5.56. The fourth-order valence-corrected chi connectivity index (χ4v) is 2.67. The Balaban J connectivity index is 2.19. The summed E-state index contributed by atoms with van der Waals surface area (Å²) in [4.78, 5) is 0. The molecule has 0 fully saturated rings. The lowest BCUT2D eigenvalue weighted by molar-refractivity contribution is 0.766. The Morgan fingerprint density at radius 1 is 0.889 bits per heavy atom. The summed E-state index contributed by atoms with van der Waals surface area (Å²) in [7, 11) is 0. The van der Waals surface area contributed by atoms with Gasteiger partial charge in [-0.15, -0.1) is 11.6 Å². The summed E-state index contributed by atoms with van der Waals surface area (Å²) in [5.74, 6) is 0.816. The van der Waals surface area contributed by atoms with E-state index in [-0.39, 0.29) is 5.92 Å². The zero-order valence-electron chi connectivity index (χ0n) is 9.74. The van der Waals surface area contributed by atoms with E-state index in [2.05, 4.69) is 12.1 Å². The van der Waals surface area contributed by atoms with E-state index >= 15 is 0 Å². The Labute approximate surface area is 122 Å². The van der Waals surface area contributed by atoms with E-state index in [1.54, 1.807) is 0 Å². The van der Waals surface area contributed by atoms with Crippen LogP contribution in [0.4, 0.5) is 0 Å². The topological polar surface area (TPSA) is 0 Å². The second-order valence-corrected chi connectivity index (χ2v) is 5.42. The Bertz CT molecular complexity index is 523. The summed E-state index contributed by atoms with van der Waals surface area (Å²) in [6.07, 6.45) is 0.865.